The second-order valence-electron chi connectivity index (χ2n) is 7.23. The van der Waals surface area contributed by atoms with Crippen LogP contribution in [0.3, 0.4) is 0 Å². The number of benzene rings is 3. The molecule has 174 valence electrons. The Kier molecular flexibility index (Phi) is 7.62. The van der Waals surface area contributed by atoms with E-state index in [1.807, 2.05) is 12.1 Å². The summed E-state index contributed by atoms with van der Waals surface area (Å²) in [5.41, 5.74) is 1.68. The maximum absolute atomic E-state index is 13.1. The number of aryl methyl sites for hydroxylation is 1. The molecule has 3 aromatic carbocycles. The minimum absolute atomic E-state index is 0.180. The quantitative estimate of drug-likeness (QED) is 0.216. The molecule has 0 aliphatic rings. The number of hydrogen-bond acceptors (Lipinski definition) is 5. The average molecular weight is 626 g/mol. The van der Waals surface area contributed by atoms with Crippen LogP contribution in [-0.4, -0.2) is 23.0 Å². The van der Waals surface area contributed by atoms with Crippen LogP contribution < -0.4 is 15.0 Å². The number of halogens is 4. The Hall–Kier alpha value is -2.39. The Balaban J connectivity index is 1.74. The van der Waals surface area contributed by atoms with Gasteiger partial charge in [0.2, 0.25) is 0 Å². The van der Waals surface area contributed by atoms with Crippen molar-refractivity contribution in [1.82, 2.24) is 9.66 Å². The van der Waals surface area contributed by atoms with Crippen molar-refractivity contribution in [3.05, 3.63) is 94.8 Å². The van der Waals surface area contributed by atoms with Gasteiger partial charge < -0.3 is 9.47 Å². The standard InChI is InChI=1S/C24H17Br2Cl2N3O3/c1-13-30-21-6-4-16(25)8-19(21)24(32)31(13)29-11-15-7-17(26)9-22(33-2)23(15)34-12-14-3-5-18(27)10-20(14)28/h3-11H,12H2,1-2H3. The fourth-order valence-corrected chi connectivity index (χ4v) is 4.57. The fourth-order valence-electron chi connectivity index (χ4n) is 3.30. The van der Waals surface area contributed by atoms with Crippen LogP contribution in [0, 0.1) is 6.92 Å². The molecule has 1 heterocycles. The zero-order valence-corrected chi connectivity index (χ0v) is 22.7. The average Bonchev–Trinajstić information content (AvgIpc) is 2.79. The number of ether oxygens (including phenoxy) is 2. The zero-order valence-electron chi connectivity index (χ0n) is 18.0. The highest BCUT2D eigenvalue weighted by Gasteiger charge is 2.14. The number of hydrogen-bond donors (Lipinski definition) is 0. The van der Waals surface area contributed by atoms with Gasteiger partial charge in [-0.25, -0.2) is 4.98 Å². The third-order valence-electron chi connectivity index (χ3n) is 4.94. The van der Waals surface area contributed by atoms with Crippen LogP contribution in [0.2, 0.25) is 10.0 Å². The van der Waals surface area contributed by atoms with E-state index in [2.05, 4.69) is 41.9 Å². The Bertz CT molecular complexity index is 1490. The Labute approximate surface area is 222 Å². The van der Waals surface area contributed by atoms with Gasteiger partial charge in [0.15, 0.2) is 11.5 Å². The molecule has 34 heavy (non-hydrogen) atoms. The topological polar surface area (TPSA) is 65.7 Å². The van der Waals surface area contributed by atoms with Crippen molar-refractivity contribution in [3.8, 4) is 11.5 Å². The molecule has 1 aromatic heterocycles. The first-order valence-corrected chi connectivity index (χ1v) is 12.3. The van der Waals surface area contributed by atoms with Crippen LogP contribution in [0.1, 0.15) is 17.0 Å². The predicted molar refractivity (Wildman–Crippen MR) is 143 cm³/mol. The van der Waals surface area contributed by atoms with Crippen LogP contribution in [-0.2, 0) is 6.61 Å². The molecule has 4 aromatic rings. The first kappa shape index (κ1) is 24.7. The Morgan fingerprint density at radius 2 is 1.88 bits per heavy atom. The number of rotatable bonds is 6. The van der Waals surface area contributed by atoms with E-state index in [4.69, 9.17) is 32.7 Å². The molecule has 0 N–H and O–H groups in total. The van der Waals surface area contributed by atoms with Gasteiger partial charge in [-0.3, -0.25) is 4.79 Å². The van der Waals surface area contributed by atoms with Crippen LogP contribution >= 0.6 is 55.1 Å². The van der Waals surface area contributed by atoms with Gasteiger partial charge in [0, 0.05) is 30.1 Å². The summed E-state index contributed by atoms with van der Waals surface area (Å²) in [6, 6.07) is 14.1. The van der Waals surface area contributed by atoms with Crippen molar-refractivity contribution >= 4 is 72.2 Å². The fraction of sp³-hybridized carbons (Fsp3) is 0.125. The summed E-state index contributed by atoms with van der Waals surface area (Å²) in [4.78, 5) is 17.6. The van der Waals surface area contributed by atoms with Gasteiger partial charge in [0.25, 0.3) is 5.56 Å². The molecule has 10 heteroatoms. The molecule has 6 nitrogen and oxygen atoms in total. The van der Waals surface area contributed by atoms with Gasteiger partial charge in [-0.05, 0) is 49.4 Å². The van der Waals surface area contributed by atoms with Crippen LogP contribution in [0.4, 0.5) is 0 Å². The van der Waals surface area contributed by atoms with Crippen molar-refractivity contribution < 1.29 is 9.47 Å². The van der Waals surface area contributed by atoms with Gasteiger partial charge >= 0.3 is 0 Å². The molecule has 0 radical (unpaired) electrons. The van der Waals surface area contributed by atoms with E-state index in [0.29, 0.717) is 43.8 Å². The molecule has 0 aliphatic carbocycles. The zero-order chi connectivity index (χ0) is 24.4. The summed E-state index contributed by atoms with van der Waals surface area (Å²) >= 11 is 19.2. The Morgan fingerprint density at radius 1 is 1.09 bits per heavy atom. The predicted octanol–water partition coefficient (Wildman–Crippen LogP) is 7.01. The van der Waals surface area contributed by atoms with Gasteiger partial charge in [0.1, 0.15) is 12.4 Å². The third kappa shape index (κ3) is 5.30. The van der Waals surface area contributed by atoms with Crippen molar-refractivity contribution in [2.24, 2.45) is 5.10 Å². The summed E-state index contributed by atoms with van der Waals surface area (Å²) in [5, 5.41) is 5.91. The highest BCUT2D eigenvalue weighted by Crippen LogP contribution is 2.35. The molecule has 0 fully saturated rings. The summed E-state index contributed by atoms with van der Waals surface area (Å²) in [6.45, 7) is 1.90. The van der Waals surface area contributed by atoms with Gasteiger partial charge in [-0.1, -0.05) is 61.1 Å². The van der Waals surface area contributed by atoms with Crippen molar-refractivity contribution in [2.75, 3.05) is 7.11 Å². The molecular weight excluding hydrogens is 609 g/mol. The molecule has 4 rings (SSSR count). The third-order valence-corrected chi connectivity index (χ3v) is 6.48. The van der Waals surface area contributed by atoms with Gasteiger partial charge in [-0.15, -0.1) is 0 Å². The first-order valence-electron chi connectivity index (χ1n) is 9.94. The highest BCUT2D eigenvalue weighted by atomic mass is 79.9. The molecule has 0 atom stereocenters. The molecule has 0 amide bonds. The second-order valence-corrected chi connectivity index (χ2v) is 9.91. The lowest BCUT2D eigenvalue weighted by atomic mass is 10.2. The smallest absolute Gasteiger partial charge is 0.282 e. The summed E-state index contributed by atoms with van der Waals surface area (Å²) < 4.78 is 14.4. The Morgan fingerprint density at radius 3 is 2.62 bits per heavy atom. The van der Waals surface area contributed by atoms with E-state index in [1.54, 1.807) is 50.4 Å². The summed E-state index contributed by atoms with van der Waals surface area (Å²) in [6.07, 6.45) is 1.53. The minimum atomic E-state index is -0.280. The number of fused-ring (bicyclic) bond motifs is 1. The molecule has 0 bridgehead atoms. The lowest BCUT2D eigenvalue weighted by Gasteiger charge is -2.15. The van der Waals surface area contributed by atoms with E-state index in [0.717, 1.165) is 14.5 Å². The summed E-state index contributed by atoms with van der Waals surface area (Å²) in [5.74, 6) is 1.39. The van der Waals surface area contributed by atoms with E-state index in [-0.39, 0.29) is 12.2 Å². The number of aromatic nitrogens is 2. The van der Waals surface area contributed by atoms with Gasteiger partial charge in [-0.2, -0.15) is 9.78 Å². The molecule has 0 aliphatic heterocycles. The highest BCUT2D eigenvalue weighted by molar-refractivity contribution is 9.10. The monoisotopic (exact) mass is 623 g/mol. The maximum Gasteiger partial charge on any atom is 0.282 e. The molecule has 0 saturated heterocycles. The molecular formula is C24H17Br2Cl2N3O3. The SMILES string of the molecule is COc1cc(Br)cc(C=Nn2c(C)nc3ccc(Br)cc3c2=O)c1OCc1ccc(Cl)cc1Cl. The molecule has 0 unspecified atom stereocenters. The van der Waals surface area contributed by atoms with E-state index < -0.39 is 0 Å². The first-order chi connectivity index (χ1) is 16.3. The maximum atomic E-state index is 13.1. The van der Waals surface area contributed by atoms with Crippen molar-refractivity contribution in [1.29, 1.82) is 0 Å². The van der Waals surface area contributed by atoms with Gasteiger partial charge in [0.05, 0.1) is 24.2 Å². The van der Waals surface area contributed by atoms with Crippen molar-refractivity contribution in [2.45, 2.75) is 13.5 Å². The van der Waals surface area contributed by atoms with E-state index in [9.17, 15) is 4.79 Å². The minimum Gasteiger partial charge on any atom is -0.493 e. The molecule has 0 saturated carbocycles. The number of nitrogens with zero attached hydrogens (tertiary/aromatic N) is 3. The lowest BCUT2D eigenvalue weighted by Crippen LogP contribution is -2.20. The van der Waals surface area contributed by atoms with Crippen molar-refractivity contribution in [3.63, 3.8) is 0 Å². The normalized spacial score (nSPS) is 11.4. The van der Waals surface area contributed by atoms with E-state index in [1.165, 1.54) is 10.9 Å². The van der Waals surface area contributed by atoms with E-state index >= 15 is 0 Å². The largest absolute Gasteiger partial charge is 0.493 e. The lowest BCUT2D eigenvalue weighted by molar-refractivity contribution is 0.284. The number of methoxy groups -OCH3 is 1. The second kappa shape index (κ2) is 10.5. The van der Waals surface area contributed by atoms with Crippen LogP contribution in [0.25, 0.3) is 10.9 Å². The van der Waals surface area contributed by atoms with Crippen LogP contribution in [0.15, 0.2) is 67.4 Å². The van der Waals surface area contributed by atoms with Crippen LogP contribution in [0.5, 0.6) is 11.5 Å². The summed E-state index contributed by atoms with van der Waals surface area (Å²) in [7, 11) is 1.55. The molecule has 0 spiro atoms.